The van der Waals surface area contributed by atoms with E-state index in [0.717, 1.165) is 36.5 Å². The van der Waals surface area contributed by atoms with Gasteiger partial charge >= 0.3 is 0 Å². The van der Waals surface area contributed by atoms with E-state index in [9.17, 15) is 18.0 Å². The zero-order chi connectivity index (χ0) is 21.8. The Bertz CT molecular complexity index is 938. The van der Waals surface area contributed by atoms with Gasteiger partial charge in [-0.3, -0.25) is 4.79 Å². The number of benzene rings is 2. The summed E-state index contributed by atoms with van der Waals surface area (Å²) >= 11 is 0. The van der Waals surface area contributed by atoms with Gasteiger partial charge in [-0.2, -0.15) is 0 Å². The van der Waals surface area contributed by atoms with Crippen LogP contribution in [0.3, 0.4) is 0 Å². The zero-order valence-corrected chi connectivity index (χ0v) is 17.2. The first-order chi connectivity index (χ1) is 14.2. The van der Waals surface area contributed by atoms with Crippen LogP contribution in [0.15, 0.2) is 42.5 Å². The highest BCUT2D eigenvalue weighted by Gasteiger charge is 2.22. The smallest absolute Gasteiger partial charge is 0.244 e. The lowest BCUT2D eigenvalue weighted by Crippen LogP contribution is -2.45. The number of ether oxygens (including phenoxy) is 1. The first-order valence-electron chi connectivity index (χ1n) is 9.86. The Morgan fingerprint density at radius 1 is 1.10 bits per heavy atom. The van der Waals surface area contributed by atoms with Crippen LogP contribution in [0.1, 0.15) is 37.9 Å². The van der Waals surface area contributed by atoms with Gasteiger partial charge in [0.25, 0.3) is 0 Å². The largest absolute Gasteiger partial charge is 0.372 e. The lowest BCUT2D eigenvalue weighted by molar-refractivity contribution is -0.117. The SMILES string of the molecule is C[C@@H]1CN(c2cccc([C@@H](C)NC(=O)/C=C/c3cc(F)c(F)cc3F)c2)C[C@H](C)O1. The summed E-state index contributed by atoms with van der Waals surface area (Å²) < 4.78 is 45.7. The van der Waals surface area contributed by atoms with Crippen LogP contribution in [0.5, 0.6) is 0 Å². The monoisotopic (exact) mass is 418 g/mol. The number of amides is 1. The molecule has 2 aromatic rings. The molecule has 0 aliphatic carbocycles. The molecule has 0 spiro atoms. The van der Waals surface area contributed by atoms with Gasteiger partial charge in [0.05, 0.1) is 18.2 Å². The van der Waals surface area contributed by atoms with Crippen LogP contribution in [0.25, 0.3) is 6.08 Å². The second-order valence-electron chi connectivity index (χ2n) is 7.61. The molecule has 1 heterocycles. The Morgan fingerprint density at radius 3 is 2.47 bits per heavy atom. The fraction of sp³-hybridized carbons (Fsp3) is 0.348. The molecule has 3 rings (SSSR count). The van der Waals surface area contributed by atoms with Gasteiger partial charge in [0.15, 0.2) is 11.6 Å². The number of hydrogen-bond acceptors (Lipinski definition) is 3. The van der Waals surface area contributed by atoms with Crippen LogP contribution < -0.4 is 10.2 Å². The van der Waals surface area contributed by atoms with Crippen LogP contribution in [0, 0.1) is 17.5 Å². The summed E-state index contributed by atoms with van der Waals surface area (Å²) in [6.07, 6.45) is 2.49. The lowest BCUT2D eigenvalue weighted by atomic mass is 10.1. The molecule has 0 bridgehead atoms. The van der Waals surface area contributed by atoms with E-state index in [0.29, 0.717) is 12.1 Å². The predicted octanol–water partition coefficient (Wildman–Crippen LogP) is 4.61. The Labute approximate surface area is 174 Å². The molecule has 0 aromatic heterocycles. The first kappa shape index (κ1) is 21.9. The van der Waals surface area contributed by atoms with Crippen LogP contribution in [-0.2, 0) is 9.53 Å². The normalized spacial score (nSPS) is 20.4. The van der Waals surface area contributed by atoms with Crippen LogP contribution >= 0.6 is 0 Å². The molecule has 0 unspecified atom stereocenters. The van der Waals surface area contributed by atoms with Crippen molar-refractivity contribution in [3.05, 3.63) is 71.1 Å². The quantitative estimate of drug-likeness (QED) is 0.570. The first-order valence-corrected chi connectivity index (χ1v) is 9.86. The van der Waals surface area contributed by atoms with Crippen LogP contribution in [0.4, 0.5) is 18.9 Å². The van der Waals surface area contributed by atoms with Crippen molar-refractivity contribution in [2.75, 3.05) is 18.0 Å². The highest BCUT2D eigenvalue weighted by Crippen LogP contribution is 2.24. The van der Waals surface area contributed by atoms with Gasteiger partial charge in [0.1, 0.15) is 5.82 Å². The highest BCUT2D eigenvalue weighted by atomic mass is 19.2. The Morgan fingerprint density at radius 2 is 1.77 bits per heavy atom. The van der Waals surface area contributed by atoms with Gasteiger partial charge in [-0.25, -0.2) is 13.2 Å². The molecule has 7 heteroatoms. The number of nitrogens with zero attached hydrogens (tertiary/aromatic N) is 1. The molecule has 4 nitrogen and oxygen atoms in total. The third-order valence-corrected chi connectivity index (χ3v) is 4.97. The molecule has 1 amide bonds. The molecule has 3 atom stereocenters. The van der Waals surface area contributed by atoms with E-state index in [1.165, 1.54) is 0 Å². The van der Waals surface area contributed by atoms with Gasteiger partial charge in [0.2, 0.25) is 5.91 Å². The number of halogens is 3. The minimum absolute atomic E-state index is 0.136. The minimum Gasteiger partial charge on any atom is -0.372 e. The van der Waals surface area contributed by atoms with Crippen molar-refractivity contribution in [2.45, 2.75) is 39.0 Å². The molecular weight excluding hydrogens is 393 g/mol. The zero-order valence-electron chi connectivity index (χ0n) is 17.2. The fourth-order valence-electron chi connectivity index (χ4n) is 3.56. The van der Waals surface area contributed by atoms with Gasteiger partial charge in [0, 0.05) is 36.5 Å². The number of carbonyl (C=O) groups excluding carboxylic acids is 1. The van der Waals surface area contributed by atoms with Crippen molar-refractivity contribution in [1.82, 2.24) is 5.32 Å². The van der Waals surface area contributed by atoms with E-state index in [-0.39, 0.29) is 23.8 Å². The second-order valence-corrected chi connectivity index (χ2v) is 7.61. The van der Waals surface area contributed by atoms with E-state index >= 15 is 0 Å². The number of hydrogen-bond donors (Lipinski definition) is 1. The molecule has 30 heavy (non-hydrogen) atoms. The van der Waals surface area contributed by atoms with Crippen molar-refractivity contribution < 1.29 is 22.7 Å². The van der Waals surface area contributed by atoms with Crippen molar-refractivity contribution in [2.24, 2.45) is 0 Å². The third-order valence-electron chi connectivity index (χ3n) is 4.97. The number of rotatable bonds is 5. The third kappa shape index (κ3) is 5.42. The molecule has 1 aliphatic rings. The number of morpholine rings is 1. The number of nitrogens with one attached hydrogen (secondary N) is 1. The fourth-order valence-corrected chi connectivity index (χ4v) is 3.56. The summed E-state index contributed by atoms with van der Waals surface area (Å²) in [5.41, 5.74) is 1.77. The summed E-state index contributed by atoms with van der Waals surface area (Å²) in [4.78, 5) is 14.5. The molecule has 1 fully saturated rings. The molecule has 2 aromatic carbocycles. The average molecular weight is 418 g/mol. The molecule has 1 aliphatic heterocycles. The molecule has 1 saturated heterocycles. The Balaban J connectivity index is 1.66. The maximum absolute atomic E-state index is 13.7. The summed E-state index contributed by atoms with van der Waals surface area (Å²) in [5, 5.41) is 2.80. The van der Waals surface area contributed by atoms with Crippen molar-refractivity contribution in [3.63, 3.8) is 0 Å². The molecule has 160 valence electrons. The molecule has 0 radical (unpaired) electrons. The van der Waals surface area contributed by atoms with Crippen LogP contribution in [0.2, 0.25) is 0 Å². The van der Waals surface area contributed by atoms with E-state index in [1.807, 2.05) is 45.0 Å². The summed E-state index contributed by atoms with van der Waals surface area (Å²) in [7, 11) is 0. The molecule has 1 N–H and O–H groups in total. The standard InChI is InChI=1S/C23H25F3N2O2/c1-14-12-28(13-15(2)30-14)19-6-4-5-17(9-19)16(3)27-23(29)8-7-18-10-21(25)22(26)11-20(18)24/h4-11,14-16H,12-13H2,1-3H3,(H,27,29)/b8-7+/t14-,15+,16-/m1/s1. The number of anilines is 1. The van der Waals surface area contributed by atoms with Gasteiger partial charge in [-0.15, -0.1) is 0 Å². The topological polar surface area (TPSA) is 41.6 Å². The minimum atomic E-state index is -1.27. The van der Waals surface area contributed by atoms with Crippen molar-refractivity contribution >= 4 is 17.7 Å². The average Bonchev–Trinajstić information content (AvgIpc) is 2.69. The van der Waals surface area contributed by atoms with Gasteiger partial charge in [-0.05, 0) is 50.6 Å². The predicted molar refractivity (Wildman–Crippen MR) is 111 cm³/mol. The van der Waals surface area contributed by atoms with Crippen LogP contribution in [-0.4, -0.2) is 31.2 Å². The van der Waals surface area contributed by atoms with Gasteiger partial charge in [-0.1, -0.05) is 12.1 Å². The number of carbonyl (C=O) groups is 1. The van der Waals surface area contributed by atoms with Crippen molar-refractivity contribution in [1.29, 1.82) is 0 Å². The van der Waals surface area contributed by atoms with E-state index < -0.39 is 23.4 Å². The van der Waals surface area contributed by atoms with Gasteiger partial charge < -0.3 is 15.0 Å². The Hall–Kier alpha value is -2.80. The van der Waals surface area contributed by atoms with Crippen molar-refractivity contribution in [3.8, 4) is 0 Å². The second kappa shape index (κ2) is 9.34. The maximum atomic E-state index is 13.7. The molecular formula is C23H25F3N2O2. The Kier molecular flexibility index (Phi) is 6.82. The summed E-state index contributed by atoms with van der Waals surface area (Å²) in [6, 6.07) is 8.77. The van der Waals surface area contributed by atoms with E-state index in [2.05, 4.69) is 10.2 Å². The summed E-state index contributed by atoms with van der Waals surface area (Å²) in [6.45, 7) is 7.50. The highest BCUT2D eigenvalue weighted by molar-refractivity contribution is 5.92. The van der Waals surface area contributed by atoms with E-state index in [1.54, 1.807) is 0 Å². The molecule has 0 saturated carbocycles. The maximum Gasteiger partial charge on any atom is 0.244 e. The lowest BCUT2D eigenvalue weighted by Gasteiger charge is -2.37. The van der Waals surface area contributed by atoms with E-state index in [4.69, 9.17) is 4.74 Å². The summed E-state index contributed by atoms with van der Waals surface area (Å²) in [5.74, 6) is -3.85.